The quantitative estimate of drug-likeness (QED) is 0.111. The normalized spacial score (nSPS) is 39.8. The number of hydrogen-bond acceptors (Lipinski definition) is 11. The summed E-state index contributed by atoms with van der Waals surface area (Å²) in [5, 5.41) is 0. The van der Waals surface area contributed by atoms with Crippen LogP contribution in [0.2, 0.25) is 0 Å². The van der Waals surface area contributed by atoms with E-state index in [2.05, 4.69) is 13.8 Å². The van der Waals surface area contributed by atoms with Crippen LogP contribution >= 0.6 is 0 Å². The molecule has 11 nitrogen and oxygen atoms in total. The zero-order chi connectivity index (χ0) is 49.1. The first-order valence-electron chi connectivity index (χ1n) is 26.5. The van der Waals surface area contributed by atoms with Crippen LogP contribution in [0.4, 0.5) is 0 Å². The molecule has 0 aromatic heterocycles. The average Bonchev–Trinajstić information content (AvgIpc) is 3.23. The number of carbonyl (C=O) groups excluding carboxylic acids is 5. The van der Waals surface area contributed by atoms with Crippen LogP contribution < -0.4 is 0 Å². The summed E-state index contributed by atoms with van der Waals surface area (Å²) in [6.07, 6.45) is 18.2. The fourth-order valence-corrected chi connectivity index (χ4v) is 15.4. The van der Waals surface area contributed by atoms with Crippen molar-refractivity contribution in [3.05, 3.63) is 0 Å². The van der Waals surface area contributed by atoms with Crippen LogP contribution in [-0.2, 0) is 52.4 Å². The van der Waals surface area contributed by atoms with Crippen molar-refractivity contribution in [2.75, 3.05) is 33.5 Å². The highest BCUT2D eigenvalue weighted by molar-refractivity contribution is 5.80. The van der Waals surface area contributed by atoms with Gasteiger partial charge in [-0.2, -0.15) is 0 Å². The van der Waals surface area contributed by atoms with E-state index in [4.69, 9.17) is 28.4 Å². The molecule has 0 aromatic rings. The second-order valence-corrected chi connectivity index (χ2v) is 27.4. The predicted octanol–water partition coefficient (Wildman–Crippen LogP) is 11.2. The SMILES string of the molecule is CC(C)(C)C(=O)OCC(=O)OCC1(C)C2CC3CC(C2)CC1C3.CC(C)(C)C(=O)OCC1(C)C2CC3CC(C2)CC1C3.COC(C)OC(=O)C12CC3CC(C1)C(COC(=O)C(C)(C)C)C(C3)C2. The number of esters is 5. The van der Waals surface area contributed by atoms with Gasteiger partial charge in [0.25, 0.3) is 0 Å². The topological polar surface area (TPSA) is 141 Å². The lowest BCUT2D eigenvalue weighted by Crippen LogP contribution is -2.55. The van der Waals surface area contributed by atoms with E-state index < -0.39 is 23.1 Å². The molecule has 12 aliphatic carbocycles. The Morgan fingerprint density at radius 3 is 1.30 bits per heavy atom. The van der Waals surface area contributed by atoms with Gasteiger partial charge < -0.3 is 28.4 Å². The van der Waals surface area contributed by atoms with Crippen LogP contribution in [0.15, 0.2) is 0 Å². The van der Waals surface area contributed by atoms with Gasteiger partial charge in [-0.3, -0.25) is 19.2 Å². The molecule has 12 bridgehead atoms. The van der Waals surface area contributed by atoms with Gasteiger partial charge in [-0.05, 0) is 237 Å². The molecule has 12 fully saturated rings. The van der Waals surface area contributed by atoms with Crippen molar-refractivity contribution in [2.24, 2.45) is 104 Å². The van der Waals surface area contributed by atoms with E-state index >= 15 is 0 Å². The van der Waals surface area contributed by atoms with Gasteiger partial charge in [-0.25, -0.2) is 4.79 Å². The Morgan fingerprint density at radius 2 is 0.896 bits per heavy atom. The van der Waals surface area contributed by atoms with Gasteiger partial charge in [0.05, 0.1) is 41.5 Å². The molecule has 12 saturated carbocycles. The lowest BCUT2D eigenvalue weighted by molar-refractivity contribution is -0.202. The van der Waals surface area contributed by atoms with Crippen molar-refractivity contribution >= 4 is 29.8 Å². The molecule has 0 heterocycles. The maximum absolute atomic E-state index is 12.8. The van der Waals surface area contributed by atoms with E-state index in [1.54, 1.807) is 34.8 Å². The molecule has 380 valence electrons. The van der Waals surface area contributed by atoms with Crippen molar-refractivity contribution in [1.82, 2.24) is 0 Å². The van der Waals surface area contributed by atoms with Crippen molar-refractivity contribution in [3.63, 3.8) is 0 Å². The fourth-order valence-electron chi connectivity index (χ4n) is 15.4. The first-order valence-corrected chi connectivity index (χ1v) is 26.5. The largest absolute Gasteiger partial charge is 0.465 e. The van der Waals surface area contributed by atoms with Crippen LogP contribution in [0, 0.1) is 104 Å². The Bertz CT molecular complexity index is 1740. The zero-order valence-corrected chi connectivity index (χ0v) is 43.9. The van der Waals surface area contributed by atoms with Crippen molar-refractivity contribution in [2.45, 2.75) is 186 Å². The van der Waals surface area contributed by atoms with Gasteiger partial charge in [-0.1, -0.05) is 13.8 Å². The predicted molar refractivity (Wildman–Crippen MR) is 255 cm³/mol. The summed E-state index contributed by atoms with van der Waals surface area (Å²) in [6, 6.07) is 0. The minimum Gasteiger partial charge on any atom is -0.465 e. The van der Waals surface area contributed by atoms with Gasteiger partial charge in [-0.15, -0.1) is 0 Å². The summed E-state index contributed by atoms with van der Waals surface area (Å²) in [5.74, 6) is 7.66. The van der Waals surface area contributed by atoms with Crippen molar-refractivity contribution in [3.8, 4) is 0 Å². The zero-order valence-electron chi connectivity index (χ0n) is 43.9. The summed E-state index contributed by atoms with van der Waals surface area (Å²) in [4.78, 5) is 60.6. The molecule has 0 spiro atoms. The maximum atomic E-state index is 12.8. The average molecular weight is 939 g/mol. The maximum Gasteiger partial charge on any atom is 0.344 e. The Hall–Kier alpha value is -2.69. The third kappa shape index (κ3) is 11.4. The first-order chi connectivity index (χ1) is 31.1. The summed E-state index contributed by atoms with van der Waals surface area (Å²) >= 11 is 0. The van der Waals surface area contributed by atoms with Gasteiger partial charge >= 0.3 is 29.8 Å². The highest BCUT2D eigenvalue weighted by Crippen LogP contribution is 2.65. The van der Waals surface area contributed by atoms with E-state index in [1.807, 2.05) is 41.5 Å². The molecular formula is C56H90O11. The third-order valence-corrected chi connectivity index (χ3v) is 19.1. The monoisotopic (exact) mass is 939 g/mol. The molecule has 0 radical (unpaired) electrons. The molecular weight excluding hydrogens is 849 g/mol. The molecule has 11 heteroatoms. The minimum atomic E-state index is -0.590. The second-order valence-electron chi connectivity index (χ2n) is 27.4. The smallest absolute Gasteiger partial charge is 0.344 e. The second kappa shape index (κ2) is 19.5. The Balaban J connectivity index is 0.000000150. The van der Waals surface area contributed by atoms with E-state index in [0.717, 1.165) is 67.6 Å². The number of rotatable bonds is 11. The standard InChI is InChI=1S/C20H32O5.C19H30O4.C17H28O2/c1-12(23-5)25-18(22)20-8-13-6-14(9-20)16(15(7-13)10-20)11-24-17(21)19(2,3)4;1-18(2,3)17(21)22-10-16(20)23-11-19(4)14-6-12-5-13(8-14)9-15(19)7-12;1-16(2,3)15(18)19-10-17(4)13-6-11-5-12(8-13)9-14(17)7-11/h12-16H,6-11H2,1-5H3;12-15H,5-11H2,1-4H3;11-14H,5-10H2,1-4H3. The molecule has 3 atom stereocenters. The van der Waals surface area contributed by atoms with Crippen LogP contribution in [0.25, 0.3) is 0 Å². The van der Waals surface area contributed by atoms with Gasteiger partial charge in [0.15, 0.2) is 12.9 Å². The molecule has 3 unspecified atom stereocenters. The molecule has 0 aliphatic heterocycles. The highest BCUT2D eigenvalue weighted by Gasteiger charge is 2.60. The molecule has 0 N–H and O–H groups in total. The molecule has 12 rings (SSSR count). The molecule has 12 aliphatic rings. The van der Waals surface area contributed by atoms with E-state index in [9.17, 15) is 24.0 Å². The van der Waals surface area contributed by atoms with Crippen LogP contribution in [0.3, 0.4) is 0 Å². The summed E-state index contributed by atoms with van der Waals surface area (Å²) in [5.41, 5.74) is -1.39. The number of hydrogen-bond donors (Lipinski definition) is 0. The molecule has 0 amide bonds. The lowest BCUT2D eigenvalue weighted by atomic mass is 9.46. The summed E-state index contributed by atoms with van der Waals surface area (Å²) in [7, 11) is 1.55. The molecule has 67 heavy (non-hydrogen) atoms. The summed E-state index contributed by atoms with van der Waals surface area (Å²) < 4.78 is 32.5. The lowest BCUT2D eigenvalue weighted by Gasteiger charge is -2.59. The van der Waals surface area contributed by atoms with E-state index in [-0.39, 0.29) is 52.1 Å². The van der Waals surface area contributed by atoms with Crippen molar-refractivity contribution in [1.29, 1.82) is 0 Å². The van der Waals surface area contributed by atoms with Gasteiger partial charge in [0, 0.05) is 17.9 Å². The third-order valence-electron chi connectivity index (χ3n) is 19.1. The number of methoxy groups -OCH3 is 1. The number of carbonyl (C=O) groups is 5. The minimum absolute atomic E-state index is 0.0393. The highest BCUT2D eigenvalue weighted by atomic mass is 16.7. The first kappa shape index (κ1) is 52.1. The van der Waals surface area contributed by atoms with Crippen LogP contribution in [0.1, 0.15) is 179 Å². The van der Waals surface area contributed by atoms with E-state index in [1.165, 1.54) is 64.2 Å². The van der Waals surface area contributed by atoms with Crippen LogP contribution in [0.5, 0.6) is 0 Å². The van der Waals surface area contributed by atoms with Gasteiger partial charge in [0.1, 0.15) is 0 Å². The summed E-state index contributed by atoms with van der Waals surface area (Å²) in [6.45, 7) is 24.6. The van der Waals surface area contributed by atoms with Gasteiger partial charge in [0.2, 0.25) is 0 Å². The van der Waals surface area contributed by atoms with Crippen molar-refractivity contribution < 1.29 is 52.4 Å². The van der Waals surface area contributed by atoms with E-state index in [0.29, 0.717) is 55.3 Å². The Kier molecular flexibility index (Phi) is 15.2. The number of ether oxygens (including phenoxy) is 6. The molecule has 0 saturated heterocycles. The Labute approximate surface area is 403 Å². The Morgan fingerprint density at radius 1 is 0.507 bits per heavy atom. The fraction of sp³-hybridized carbons (Fsp3) is 0.911. The van der Waals surface area contributed by atoms with Crippen LogP contribution in [-0.4, -0.2) is 69.7 Å². The molecule has 0 aromatic carbocycles.